The van der Waals surface area contributed by atoms with Gasteiger partial charge >= 0.3 is 0 Å². The van der Waals surface area contributed by atoms with Crippen LogP contribution in [0.5, 0.6) is 0 Å². The van der Waals surface area contributed by atoms with Crippen LogP contribution in [0.3, 0.4) is 0 Å². The second-order valence-electron chi connectivity index (χ2n) is 10.2. The maximum atomic E-state index is 2.44. The van der Waals surface area contributed by atoms with Crippen molar-refractivity contribution in [1.29, 1.82) is 0 Å². The van der Waals surface area contributed by atoms with E-state index in [0.29, 0.717) is 0 Å². The predicted octanol–water partition coefficient (Wildman–Crippen LogP) is 10.4. The molecule has 0 amide bonds. The van der Waals surface area contributed by atoms with Crippen molar-refractivity contribution in [2.75, 3.05) is 0 Å². The summed E-state index contributed by atoms with van der Waals surface area (Å²) in [6, 6.07) is 55.0. The van der Waals surface area contributed by atoms with E-state index >= 15 is 0 Å². The molecule has 8 rings (SSSR count). The summed E-state index contributed by atoms with van der Waals surface area (Å²) in [6.07, 6.45) is 0. The molecular weight excluding hydrogens is 470 g/mol. The first-order valence-corrected chi connectivity index (χ1v) is 13.5. The van der Waals surface area contributed by atoms with Gasteiger partial charge in [0, 0.05) is 21.8 Å². The standard InChI is InChI=1S/C38H25N/c1-2-11-28(12-3-1)35-25-36-33-15-8-9-17-37(33)39(38(36)34-16-7-6-14-32(34)35)31-22-20-27(21-23-31)30-19-18-26-10-4-5-13-29(26)24-30/h1-25H. The molecule has 0 fully saturated rings. The molecule has 1 aromatic heterocycles. The molecule has 0 atom stereocenters. The molecule has 0 unspecified atom stereocenters. The Labute approximate surface area is 227 Å². The number of rotatable bonds is 3. The maximum Gasteiger partial charge on any atom is 0.0619 e. The summed E-state index contributed by atoms with van der Waals surface area (Å²) in [5.41, 5.74) is 8.62. The van der Waals surface area contributed by atoms with E-state index in [1.54, 1.807) is 0 Å². The number of para-hydroxylation sites is 1. The summed E-state index contributed by atoms with van der Waals surface area (Å²) < 4.78 is 2.44. The molecule has 8 aromatic rings. The van der Waals surface area contributed by atoms with Crippen molar-refractivity contribution in [3.8, 4) is 27.9 Å². The minimum atomic E-state index is 1.17. The van der Waals surface area contributed by atoms with Crippen molar-refractivity contribution in [1.82, 2.24) is 4.57 Å². The zero-order valence-corrected chi connectivity index (χ0v) is 21.4. The fourth-order valence-electron chi connectivity index (χ4n) is 6.12. The lowest BCUT2D eigenvalue weighted by molar-refractivity contribution is 1.19. The summed E-state index contributed by atoms with van der Waals surface area (Å²) in [5, 5.41) is 7.62. The molecule has 0 saturated carbocycles. The van der Waals surface area contributed by atoms with Crippen LogP contribution in [0.1, 0.15) is 0 Å². The van der Waals surface area contributed by atoms with Gasteiger partial charge in [-0.15, -0.1) is 0 Å². The zero-order valence-electron chi connectivity index (χ0n) is 21.4. The molecule has 0 aliphatic heterocycles. The van der Waals surface area contributed by atoms with E-state index in [0.717, 1.165) is 0 Å². The van der Waals surface area contributed by atoms with Crippen LogP contribution in [0.25, 0.3) is 71.3 Å². The predicted molar refractivity (Wildman–Crippen MR) is 167 cm³/mol. The van der Waals surface area contributed by atoms with E-state index < -0.39 is 0 Å². The molecule has 7 aromatic carbocycles. The van der Waals surface area contributed by atoms with E-state index in [9.17, 15) is 0 Å². The lowest BCUT2D eigenvalue weighted by Crippen LogP contribution is -1.95. The van der Waals surface area contributed by atoms with Crippen LogP contribution in [0.2, 0.25) is 0 Å². The number of hydrogen-bond acceptors (Lipinski definition) is 0. The van der Waals surface area contributed by atoms with E-state index in [4.69, 9.17) is 0 Å². The lowest BCUT2D eigenvalue weighted by atomic mass is 9.95. The van der Waals surface area contributed by atoms with Gasteiger partial charge in [0.25, 0.3) is 0 Å². The van der Waals surface area contributed by atoms with Gasteiger partial charge in [0.05, 0.1) is 11.0 Å². The van der Waals surface area contributed by atoms with Crippen molar-refractivity contribution in [2.45, 2.75) is 0 Å². The van der Waals surface area contributed by atoms with Crippen LogP contribution in [0.4, 0.5) is 0 Å². The summed E-state index contributed by atoms with van der Waals surface area (Å²) in [5.74, 6) is 0. The van der Waals surface area contributed by atoms with E-state index in [1.165, 1.54) is 71.3 Å². The molecule has 0 spiro atoms. The minimum Gasteiger partial charge on any atom is -0.309 e. The first-order chi connectivity index (χ1) is 19.3. The second kappa shape index (κ2) is 8.72. The lowest BCUT2D eigenvalue weighted by Gasteiger charge is -2.13. The first-order valence-electron chi connectivity index (χ1n) is 13.5. The number of nitrogens with zero attached hydrogens (tertiary/aromatic N) is 1. The molecule has 39 heavy (non-hydrogen) atoms. The third-order valence-corrected chi connectivity index (χ3v) is 7.97. The number of hydrogen-bond donors (Lipinski definition) is 0. The number of fused-ring (bicyclic) bond motifs is 6. The first kappa shape index (κ1) is 21.9. The van der Waals surface area contributed by atoms with Crippen molar-refractivity contribution in [3.05, 3.63) is 152 Å². The van der Waals surface area contributed by atoms with Crippen LogP contribution in [0, 0.1) is 0 Å². The van der Waals surface area contributed by atoms with Crippen LogP contribution in [-0.2, 0) is 0 Å². The third kappa shape index (κ3) is 3.48. The smallest absolute Gasteiger partial charge is 0.0619 e. The molecule has 0 saturated heterocycles. The zero-order chi connectivity index (χ0) is 25.8. The van der Waals surface area contributed by atoms with Crippen molar-refractivity contribution in [3.63, 3.8) is 0 Å². The van der Waals surface area contributed by atoms with Crippen molar-refractivity contribution >= 4 is 43.4 Å². The highest BCUT2D eigenvalue weighted by Crippen LogP contribution is 2.41. The van der Waals surface area contributed by atoms with Gasteiger partial charge in [0.15, 0.2) is 0 Å². The molecule has 1 heteroatoms. The molecule has 0 N–H and O–H groups in total. The minimum absolute atomic E-state index is 1.17. The van der Waals surface area contributed by atoms with Gasteiger partial charge in [-0.25, -0.2) is 0 Å². The Balaban J connectivity index is 1.37. The van der Waals surface area contributed by atoms with Crippen LogP contribution in [-0.4, -0.2) is 4.57 Å². The van der Waals surface area contributed by atoms with Crippen LogP contribution >= 0.6 is 0 Å². The van der Waals surface area contributed by atoms with Crippen LogP contribution < -0.4 is 0 Å². The molecule has 182 valence electrons. The molecule has 0 aliphatic rings. The average molecular weight is 496 g/mol. The highest BCUT2D eigenvalue weighted by Gasteiger charge is 2.17. The van der Waals surface area contributed by atoms with Gasteiger partial charge < -0.3 is 4.57 Å². The number of benzene rings is 7. The normalized spacial score (nSPS) is 11.6. The topological polar surface area (TPSA) is 4.93 Å². The maximum absolute atomic E-state index is 2.44. The van der Waals surface area contributed by atoms with Crippen molar-refractivity contribution in [2.24, 2.45) is 0 Å². The summed E-state index contributed by atoms with van der Waals surface area (Å²) in [4.78, 5) is 0. The highest BCUT2D eigenvalue weighted by atomic mass is 15.0. The fourth-order valence-corrected chi connectivity index (χ4v) is 6.12. The second-order valence-corrected chi connectivity index (χ2v) is 10.2. The average Bonchev–Trinajstić information content (AvgIpc) is 3.35. The third-order valence-electron chi connectivity index (χ3n) is 7.97. The molecule has 1 nitrogen and oxygen atoms in total. The Morgan fingerprint density at radius 3 is 1.82 bits per heavy atom. The Hall–Kier alpha value is -5.14. The summed E-state index contributed by atoms with van der Waals surface area (Å²) in [7, 11) is 0. The fraction of sp³-hybridized carbons (Fsp3) is 0. The van der Waals surface area contributed by atoms with Gasteiger partial charge in [0.2, 0.25) is 0 Å². The summed E-state index contributed by atoms with van der Waals surface area (Å²) >= 11 is 0. The van der Waals surface area contributed by atoms with Gasteiger partial charge in [0.1, 0.15) is 0 Å². The number of aromatic nitrogens is 1. The Bertz CT molecular complexity index is 2150. The van der Waals surface area contributed by atoms with Gasteiger partial charge in [-0.3, -0.25) is 0 Å². The van der Waals surface area contributed by atoms with Crippen molar-refractivity contribution < 1.29 is 0 Å². The molecule has 0 radical (unpaired) electrons. The quantitative estimate of drug-likeness (QED) is 0.230. The Morgan fingerprint density at radius 2 is 1.00 bits per heavy atom. The van der Waals surface area contributed by atoms with E-state index in [2.05, 4.69) is 156 Å². The van der Waals surface area contributed by atoms with Gasteiger partial charge in [-0.2, -0.15) is 0 Å². The van der Waals surface area contributed by atoms with Gasteiger partial charge in [-0.1, -0.05) is 121 Å². The molecule has 0 aliphatic carbocycles. The molecule has 1 heterocycles. The monoisotopic (exact) mass is 495 g/mol. The Morgan fingerprint density at radius 1 is 0.359 bits per heavy atom. The largest absolute Gasteiger partial charge is 0.309 e. The Kier molecular flexibility index (Phi) is 4.89. The summed E-state index contributed by atoms with van der Waals surface area (Å²) in [6.45, 7) is 0. The van der Waals surface area contributed by atoms with E-state index in [-0.39, 0.29) is 0 Å². The molecular formula is C38H25N. The van der Waals surface area contributed by atoms with E-state index in [1.807, 2.05) is 0 Å². The van der Waals surface area contributed by atoms with Crippen LogP contribution in [0.15, 0.2) is 152 Å². The highest BCUT2D eigenvalue weighted by molar-refractivity contribution is 6.22. The van der Waals surface area contributed by atoms with Gasteiger partial charge in [-0.05, 0) is 68.7 Å². The molecule has 0 bridgehead atoms. The SMILES string of the molecule is c1ccc(-c2cc3c4ccccc4n(-c4ccc(-c5ccc6ccccc6c5)cc4)c3c3ccccc23)cc1.